The van der Waals surface area contributed by atoms with Crippen molar-refractivity contribution in [2.45, 2.75) is 31.8 Å². The van der Waals surface area contributed by atoms with Crippen LogP contribution in [0.15, 0.2) is 30.3 Å². The molecule has 0 spiro atoms. The number of morpholine rings is 1. The van der Waals surface area contributed by atoms with Crippen LogP contribution >= 0.6 is 9.24 Å². The lowest BCUT2D eigenvalue weighted by atomic mass is 9.97. The molecule has 0 amide bonds. The van der Waals surface area contributed by atoms with Crippen molar-refractivity contribution < 1.29 is 4.74 Å². The first-order chi connectivity index (χ1) is 12.2. The Hall–Kier alpha value is -1.06. The average molecular weight is 357 g/mol. The van der Waals surface area contributed by atoms with E-state index in [0.29, 0.717) is 6.04 Å². The first-order valence-corrected chi connectivity index (χ1v) is 10.0. The number of aromatic nitrogens is 1. The Morgan fingerprint density at radius 1 is 1.12 bits per heavy atom. The van der Waals surface area contributed by atoms with Crippen molar-refractivity contribution in [2.75, 3.05) is 39.4 Å². The highest BCUT2D eigenvalue weighted by atomic mass is 31.0. The minimum absolute atomic E-state index is 0.429. The lowest BCUT2D eigenvalue weighted by Gasteiger charge is -2.42. The van der Waals surface area contributed by atoms with Gasteiger partial charge in [-0.2, -0.15) is 0 Å². The molecule has 0 N–H and O–H groups in total. The maximum atomic E-state index is 5.50. The topological polar surface area (TPSA) is 28.6 Å². The fourth-order valence-electron chi connectivity index (χ4n) is 4.35. The third-order valence-electron chi connectivity index (χ3n) is 5.83. The van der Waals surface area contributed by atoms with E-state index in [1.807, 2.05) is 0 Å². The highest BCUT2D eigenvalue weighted by molar-refractivity contribution is 7.26. The molecule has 0 radical (unpaired) electrons. The Bertz CT molecular complexity index is 724. The van der Waals surface area contributed by atoms with E-state index in [9.17, 15) is 0 Å². The molecule has 2 aromatic rings. The summed E-state index contributed by atoms with van der Waals surface area (Å²) < 4.78 is 5.50. The van der Waals surface area contributed by atoms with E-state index < -0.39 is 0 Å². The van der Waals surface area contributed by atoms with Crippen molar-refractivity contribution in [1.29, 1.82) is 0 Å². The normalized spacial score (nSPS) is 22.3. The van der Waals surface area contributed by atoms with Crippen LogP contribution in [0, 0.1) is 0 Å². The zero-order valence-corrected chi connectivity index (χ0v) is 16.2. The SMILES string of the molecule is CC(c1cc(P)nc2ccccc12)N1CCC(N2CCOCC2)CC1. The van der Waals surface area contributed by atoms with Crippen molar-refractivity contribution in [3.63, 3.8) is 0 Å². The summed E-state index contributed by atoms with van der Waals surface area (Å²) in [6.45, 7) is 8.70. The molecule has 134 valence electrons. The fraction of sp³-hybridized carbons (Fsp3) is 0.550. The first-order valence-electron chi connectivity index (χ1n) is 9.43. The molecule has 1 aromatic carbocycles. The molecule has 0 bridgehead atoms. The summed E-state index contributed by atoms with van der Waals surface area (Å²) >= 11 is 0. The molecule has 0 saturated carbocycles. The fourth-order valence-corrected chi connectivity index (χ4v) is 4.67. The number of pyridine rings is 1. The van der Waals surface area contributed by atoms with Crippen molar-refractivity contribution in [3.8, 4) is 0 Å². The van der Waals surface area contributed by atoms with Gasteiger partial charge in [0.25, 0.3) is 0 Å². The minimum atomic E-state index is 0.429. The Morgan fingerprint density at radius 3 is 2.60 bits per heavy atom. The van der Waals surface area contributed by atoms with Crippen LogP contribution in [0.2, 0.25) is 0 Å². The van der Waals surface area contributed by atoms with Crippen LogP contribution in [0.5, 0.6) is 0 Å². The molecule has 0 aliphatic carbocycles. The predicted molar refractivity (Wildman–Crippen MR) is 106 cm³/mol. The monoisotopic (exact) mass is 357 g/mol. The molecule has 2 atom stereocenters. The van der Waals surface area contributed by atoms with Gasteiger partial charge in [-0.25, -0.2) is 4.98 Å². The van der Waals surface area contributed by atoms with Crippen molar-refractivity contribution >= 4 is 25.6 Å². The molecular weight excluding hydrogens is 329 g/mol. The minimum Gasteiger partial charge on any atom is -0.379 e. The van der Waals surface area contributed by atoms with E-state index in [2.05, 4.69) is 61.3 Å². The van der Waals surface area contributed by atoms with Gasteiger partial charge in [0.05, 0.1) is 24.2 Å². The lowest BCUT2D eigenvalue weighted by Crippen LogP contribution is -2.49. The van der Waals surface area contributed by atoms with E-state index in [-0.39, 0.29) is 0 Å². The van der Waals surface area contributed by atoms with Crippen molar-refractivity contribution in [2.24, 2.45) is 0 Å². The number of ether oxygens (including phenoxy) is 1. The third-order valence-corrected chi connectivity index (χ3v) is 6.12. The Balaban J connectivity index is 1.48. The maximum Gasteiger partial charge on any atom is 0.0712 e. The van der Waals surface area contributed by atoms with Crippen LogP contribution in [0.4, 0.5) is 0 Å². The molecule has 3 heterocycles. The van der Waals surface area contributed by atoms with Gasteiger partial charge in [-0.1, -0.05) is 27.4 Å². The summed E-state index contributed by atoms with van der Waals surface area (Å²) in [4.78, 5) is 9.94. The van der Waals surface area contributed by atoms with Crippen molar-refractivity contribution in [1.82, 2.24) is 14.8 Å². The molecule has 2 saturated heterocycles. The predicted octanol–water partition coefficient (Wildman–Crippen LogP) is 2.59. The smallest absolute Gasteiger partial charge is 0.0712 e. The largest absolute Gasteiger partial charge is 0.379 e. The second kappa shape index (κ2) is 7.67. The Kier molecular flexibility index (Phi) is 5.33. The van der Waals surface area contributed by atoms with E-state index in [1.165, 1.54) is 36.9 Å². The highest BCUT2D eigenvalue weighted by Crippen LogP contribution is 2.30. The molecule has 4 rings (SSSR count). The van der Waals surface area contributed by atoms with Gasteiger partial charge in [0, 0.05) is 43.6 Å². The van der Waals surface area contributed by atoms with Gasteiger partial charge in [0.2, 0.25) is 0 Å². The molecule has 1 aromatic heterocycles. The first kappa shape index (κ1) is 17.4. The Morgan fingerprint density at radius 2 is 1.84 bits per heavy atom. The summed E-state index contributed by atoms with van der Waals surface area (Å²) in [5.74, 6) is 0. The summed E-state index contributed by atoms with van der Waals surface area (Å²) in [6, 6.07) is 11.9. The molecule has 4 nitrogen and oxygen atoms in total. The van der Waals surface area contributed by atoms with Crippen molar-refractivity contribution in [3.05, 3.63) is 35.9 Å². The molecule has 5 heteroatoms. The second-order valence-electron chi connectivity index (χ2n) is 7.24. The molecule has 2 unspecified atom stereocenters. The Labute approximate surface area is 152 Å². The number of hydrogen-bond acceptors (Lipinski definition) is 4. The number of para-hydroxylation sites is 1. The molecule has 25 heavy (non-hydrogen) atoms. The lowest BCUT2D eigenvalue weighted by molar-refractivity contribution is -0.00254. The summed E-state index contributed by atoms with van der Waals surface area (Å²) in [5, 5.41) is 1.29. The highest BCUT2D eigenvalue weighted by Gasteiger charge is 2.28. The van der Waals surface area contributed by atoms with Gasteiger partial charge in [0.15, 0.2) is 0 Å². The quantitative estimate of drug-likeness (QED) is 0.790. The summed E-state index contributed by atoms with van der Waals surface area (Å²) in [6.07, 6.45) is 2.53. The molecule has 2 aliphatic rings. The number of hydrogen-bond donors (Lipinski definition) is 0. The van der Waals surface area contributed by atoms with E-state index >= 15 is 0 Å². The third kappa shape index (κ3) is 3.73. The van der Waals surface area contributed by atoms with Gasteiger partial charge in [-0.15, -0.1) is 0 Å². The standard InChI is InChI=1S/C20H28N3OP/c1-15(18-14-20(25)21-19-5-3-2-4-17(18)19)22-8-6-16(7-9-22)23-10-12-24-13-11-23/h2-5,14-16H,6-13,25H2,1H3. The van der Waals surface area contributed by atoms with E-state index in [0.717, 1.165) is 43.3 Å². The second-order valence-corrected chi connectivity index (χ2v) is 7.84. The molecule has 2 aliphatic heterocycles. The van der Waals surface area contributed by atoms with E-state index in [1.54, 1.807) is 0 Å². The number of piperidine rings is 1. The molecule has 2 fully saturated rings. The number of likely N-dealkylation sites (tertiary alicyclic amines) is 1. The zero-order valence-electron chi connectivity index (χ0n) is 15.0. The van der Waals surface area contributed by atoms with Gasteiger partial charge in [0.1, 0.15) is 0 Å². The zero-order chi connectivity index (χ0) is 17.2. The van der Waals surface area contributed by atoms with Crippen LogP contribution in [0.1, 0.15) is 31.4 Å². The number of fused-ring (bicyclic) bond motifs is 1. The van der Waals surface area contributed by atoms with Crippen LogP contribution in [0.3, 0.4) is 0 Å². The number of rotatable bonds is 3. The van der Waals surface area contributed by atoms with Crippen LogP contribution in [-0.2, 0) is 4.74 Å². The molecular formula is C20H28N3OP. The maximum absolute atomic E-state index is 5.50. The number of nitrogens with zero attached hydrogens (tertiary/aromatic N) is 3. The van der Waals surface area contributed by atoms with Gasteiger partial charge in [-0.3, -0.25) is 9.80 Å². The van der Waals surface area contributed by atoms with Crippen LogP contribution in [0.25, 0.3) is 10.9 Å². The number of benzene rings is 1. The van der Waals surface area contributed by atoms with E-state index in [4.69, 9.17) is 4.74 Å². The van der Waals surface area contributed by atoms with Gasteiger partial charge < -0.3 is 4.74 Å². The van der Waals surface area contributed by atoms with Gasteiger partial charge >= 0.3 is 0 Å². The average Bonchev–Trinajstić information content (AvgIpc) is 2.67. The van der Waals surface area contributed by atoms with Gasteiger partial charge in [-0.05, 0) is 37.5 Å². The summed E-state index contributed by atoms with van der Waals surface area (Å²) in [7, 11) is 2.76. The van der Waals surface area contributed by atoms with Crippen LogP contribution in [-0.4, -0.2) is 60.2 Å². The van der Waals surface area contributed by atoms with Crippen LogP contribution < -0.4 is 5.44 Å². The summed E-state index contributed by atoms with van der Waals surface area (Å²) in [5.41, 5.74) is 3.53.